The summed E-state index contributed by atoms with van der Waals surface area (Å²) in [6.07, 6.45) is 8.03. The van der Waals surface area contributed by atoms with Crippen LogP contribution in [0.25, 0.3) is 6.08 Å². The molecule has 0 heterocycles. The molecule has 0 atom stereocenters. The monoisotopic (exact) mass is 374 g/mol. The second kappa shape index (κ2) is 8.64. The Hall–Kier alpha value is -2.23. The Labute approximate surface area is 158 Å². The Morgan fingerprint density at radius 1 is 1.00 bits per heavy atom. The van der Waals surface area contributed by atoms with Gasteiger partial charge in [0.15, 0.2) is 11.6 Å². The molecule has 1 nitrogen and oxygen atoms in total. The van der Waals surface area contributed by atoms with Gasteiger partial charge in [-0.1, -0.05) is 37.3 Å². The minimum Gasteiger partial charge on any atom is -0.494 e. The summed E-state index contributed by atoms with van der Waals surface area (Å²) < 4.78 is 47.2. The fraction of sp³-hybridized carbons (Fsp3) is 0.391. The van der Waals surface area contributed by atoms with Crippen molar-refractivity contribution in [3.05, 3.63) is 70.5 Å². The molecule has 0 saturated heterocycles. The lowest BCUT2D eigenvalue weighted by Gasteiger charge is -2.27. The maximum Gasteiger partial charge on any atom is 0.200 e. The third kappa shape index (κ3) is 4.37. The van der Waals surface area contributed by atoms with Crippen molar-refractivity contribution in [2.24, 2.45) is 5.92 Å². The number of hydrogen-bond donors (Lipinski definition) is 0. The molecule has 27 heavy (non-hydrogen) atoms. The van der Waals surface area contributed by atoms with E-state index < -0.39 is 11.6 Å². The molecule has 3 rings (SSSR count). The van der Waals surface area contributed by atoms with E-state index in [0.717, 1.165) is 37.7 Å². The van der Waals surface area contributed by atoms with Crippen molar-refractivity contribution < 1.29 is 17.9 Å². The normalized spacial score (nSPS) is 20.2. The molecule has 2 aromatic carbocycles. The molecule has 0 bridgehead atoms. The lowest BCUT2D eigenvalue weighted by atomic mass is 9.78. The van der Waals surface area contributed by atoms with Gasteiger partial charge in [0.2, 0.25) is 5.82 Å². The van der Waals surface area contributed by atoms with Crippen LogP contribution in [0.3, 0.4) is 0 Å². The second-order valence-electron chi connectivity index (χ2n) is 7.17. The summed E-state index contributed by atoms with van der Waals surface area (Å²) in [5, 5.41) is 0. The molecule has 4 heteroatoms. The first-order valence-electron chi connectivity index (χ1n) is 9.52. The maximum absolute atomic E-state index is 14.3. The van der Waals surface area contributed by atoms with E-state index >= 15 is 0 Å². The van der Waals surface area contributed by atoms with Crippen LogP contribution in [-0.4, -0.2) is 7.11 Å². The van der Waals surface area contributed by atoms with Crippen molar-refractivity contribution in [1.29, 1.82) is 0 Å². The van der Waals surface area contributed by atoms with Crippen molar-refractivity contribution in [3.8, 4) is 5.75 Å². The average molecular weight is 374 g/mol. The Morgan fingerprint density at radius 2 is 1.74 bits per heavy atom. The zero-order valence-electron chi connectivity index (χ0n) is 15.8. The van der Waals surface area contributed by atoms with Crippen LogP contribution in [0.15, 0.2) is 36.4 Å². The van der Waals surface area contributed by atoms with Crippen LogP contribution in [0.2, 0.25) is 0 Å². The van der Waals surface area contributed by atoms with Crippen molar-refractivity contribution >= 4 is 6.08 Å². The lowest BCUT2D eigenvalue weighted by molar-refractivity contribution is 0.350. The van der Waals surface area contributed by atoms with Crippen LogP contribution in [0.4, 0.5) is 13.2 Å². The molecule has 0 radical (unpaired) electrons. The van der Waals surface area contributed by atoms with Gasteiger partial charge in [0.1, 0.15) is 5.82 Å². The van der Waals surface area contributed by atoms with Crippen LogP contribution in [0.5, 0.6) is 5.75 Å². The first-order valence-corrected chi connectivity index (χ1v) is 9.52. The SMILES string of the molecule is CCc1ccc(/C=C/C2CCC(c3ccc(OC)c(F)c3F)CC2)c(F)c1. The number of methoxy groups -OCH3 is 1. The topological polar surface area (TPSA) is 9.23 Å². The molecule has 1 aliphatic carbocycles. The van der Waals surface area contributed by atoms with Gasteiger partial charge in [-0.3, -0.25) is 0 Å². The zero-order chi connectivity index (χ0) is 19.4. The van der Waals surface area contributed by atoms with Crippen molar-refractivity contribution in [1.82, 2.24) is 0 Å². The molecule has 0 aliphatic heterocycles. The Kier molecular flexibility index (Phi) is 6.25. The number of hydrogen-bond acceptors (Lipinski definition) is 1. The molecular formula is C23H25F3O. The van der Waals surface area contributed by atoms with Gasteiger partial charge >= 0.3 is 0 Å². The van der Waals surface area contributed by atoms with E-state index in [2.05, 4.69) is 0 Å². The Balaban J connectivity index is 1.63. The highest BCUT2D eigenvalue weighted by atomic mass is 19.2. The largest absolute Gasteiger partial charge is 0.494 e. The zero-order valence-corrected chi connectivity index (χ0v) is 15.8. The first kappa shape index (κ1) is 19.5. The standard InChI is InChI=1S/C23H25F3O/c1-3-15-4-10-18(20(24)14-15)11-7-16-5-8-17(9-6-16)19-12-13-21(27-2)23(26)22(19)25/h4,7,10-14,16-17H,3,5-6,8-9H2,1-2H3/b11-7+. The number of benzene rings is 2. The molecule has 0 amide bonds. The summed E-state index contributed by atoms with van der Waals surface area (Å²) in [4.78, 5) is 0. The molecule has 0 N–H and O–H groups in total. The molecule has 2 aromatic rings. The molecule has 1 fully saturated rings. The summed E-state index contributed by atoms with van der Waals surface area (Å²) in [7, 11) is 1.33. The van der Waals surface area contributed by atoms with E-state index in [1.165, 1.54) is 13.2 Å². The van der Waals surface area contributed by atoms with Gasteiger partial charge in [0.25, 0.3) is 0 Å². The van der Waals surface area contributed by atoms with E-state index in [1.807, 2.05) is 31.2 Å². The van der Waals surface area contributed by atoms with Crippen molar-refractivity contribution in [3.63, 3.8) is 0 Å². The molecule has 1 aliphatic rings. The molecule has 0 unspecified atom stereocenters. The fourth-order valence-corrected chi connectivity index (χ4v) is 3.81. The predicted octanol–water partition coefficient (Wildman–Crippen LogP) is 6.66. The molecule has 0 spiro atoms. The van der Waals surface area contributed by atoms with Crippen LogP contribution < -0.4 is 4.74 Å². The van der Waals surface area contributed by atoms with Gasteiger partial charge in [-0.15, -0.1) is 0 Å². The second-order valence-corrected chi connectivity index (χ2v) is 7.17. The Bertz CT molecular complexity index is 821. The maximum atomic E-state index is 14.3. The van der Waals surface area contributed by atoms with E-state index in [4.69, 9.17) is 4.74 Å². The van der Waals surface area contributed by atoms with E-state index in [0.29, 0.717) is 17.0 Å². The molecule has 144 valence electrons. The summed E-state index contributed by atoms with van der Waals surface area (Å²) in [5.41, 5.74) is 2.01. The van der Waals surface area contributed by atoms with Gasteiger partial charge in [0, 0.05) is 5.56 Å². The van der Waals surface area contributed by atoms with E-state index in [1.54, 1.807) is 12.1 Å². The number of aryl methyl sites for hydroxylation is 1. The summed E-state index contributed by atoms with van der Waals surface area (Å²) in [5.74, 6) is -1.64. The van der Waals surface area contributed by atoms with Gasteiger partial charge in [-0.25, -0.2) is 8.78 Å². The fourth-order valence-electron chi connectivity index (χ4n) is 3.81. The van der Waals surface area contributed by atoms with Crippen LogP contribution >= 0.6 is 0 Å². The summed E-state index contributed by atoms with van der Waals surface area (Å²) >= 11 is 0. The van der Waals surface area contributed by atoms with E-state index in [9.17, 15) is 13.2 Å². The minimum atomic E-state index is -0.914. The third-order valence-electron chi connectivity index (χ3n) is 5.53. The van der Waals surface area contributed by atoms with Gasteiger partial charge < -0.3 is 4.74 Å². The van der Waals surface area contributed by atoms with Crippen LogP contribution in [0.1, 0.15) is 55.2 Å². The Morgan fingerprint density at radius 3 is 2.37 bits per heavy atom. The third-order valence-corrected chi connectivity index (χ3v) is 5.53. The molecule has 1 saturated carbocycles. The minimum absolute atomic E-state index is 0.00984. The predicted molar refractivity (Wildman–Crippen MR) is 102 cm³/mol. The van der Waals surface area contributed by atoms with Gasteiger partial charge in [-0.05, 0) is 67.2 Å². The van der Waals surface area contributed by atoms with Crippen LogP contribution in [0, 0.1) is 23.4 Å². The average Bonchev–Trinajstić information content (AvgIpc) is 2.69. The highest BCUT2D eigenvalue weighted by Crippen LogP contribution is 2.39. The molecule has 0 aromatic heterocycles. The summed E-state index contributed by atoms with van der Waals surface area (Å²) in [6, 6.07) is 8.45. The van der Waals surface area contributed by atoms with Crippen molar-refractivity contribution in [2.45, 2.75) is 44.9 Å². The smallest absolute Gasteiger partial charge is 0.200 e. The number of halogens is 3. The number of allylic oxidation sites excluding steroid dienone is 1. The molecular weight excluding hydrogens is 349 g/mol. The van der Waals surface area contributed by atoms with Gasteiger partial charge in [0.05, 0.1) is 7.11 Å². The lowest BCUT2D eigenvalue weighted by Crippen LogP contribution is -2.13. The summed E-state index contributed by atoms with van der Waals surface area (Å²) in [6.45, 7) is 2.00. The highest BCUT2D eigenvalue weighted by molar-refractivity contribution is 5.51. The quantitative estimate of drug-likeness (QED) is 0.568. The number of rotatable bonds is 5. The van der Waals surface area contributed by atoms with Crippen molar-refractivity contribution in [2.75, 3.05) is 7.11 Å². The first-order chi connectivity index (χ1) is 13.0. The highest BCUT2D eigenvalue weighted by Gasteiger charge is 2.25. The van der Waals surface area contributed by atoms with Gasteiger partial charge in [-0.2, -0.15) is 4.39 Å². The van der Waals surface area contributed by atoms with E-state index in [-0.39, 0.29) is 17.5 Å². The number of ether oxygens (including phenoxy) is 1. The van der Waals surface area contributed by atoms with Crippen LogP contribution in [-0.2, 0) is 6.42 Å².